The number of benzene rings is 1. The van der Waals surface area contributed by atoms with Crippen LogP contribution in [0, 0.1) is 5.41 Å². The van der Waals surface area contributed by atoms with Crippen LogP contribution in [-0.2, 0) is 26.1 Å². The molecule has 1 aromatic carbocycles. The summed E-state index contributed by atoms with van der Waals surface area (Å²) in [6.07, 6.45) is 3.34. The van der Waals surface area contributed by atoms with Crippen molar-refractivity contribution in [3.05, 3.63) is 29.8 Å². The van der Waals surface area contributed by atoms with Gasteiger partial charge in [0.25, 0.3) is 0 Å². The number of halogens is 1. The van der Waals surface area contributed by atoms with Crippen LogP contribution in [0.5, 0.6) is 0 Å². The van der Waals surface area contributed by atoms with Crippen molar-refractivity contribution < 1.29 is 17.9 Å². The molecular formula is C19H30ClN3O4S. The molecule has 1 aromatic rings. The van der Waals surface area contributed by atoms with Gasteiger partial charge in [0, 0.05) is 26.7 Å². The fraction of sp³-hybridized carbons (Fsp3) is 0.632. The van der Waals surface area contributed by atoms with Gasteiger partial charge in [0.05, 0.1) is 16.9 Å². The molecule has 2 aliphatic heterocycles. The van der Waals surface area contributed by atoms with Crippen LogP contribution in [0.3, 0.4) is 0 Å². The van der Waals surface area contributed by atoms with E-state index >= 15 is 0 Å². The van der Waals surface area contributed by atoms with Crippen molar-refractivity contribution in [2.75, 3.05) is 39.9 Å². The summed E-state index contributed by atoms with van der Waals surface area (Å²) in [5.41, 5.74) is 0.393. The SMILES string of the molecule is COCC1(C(=O)NCc2ccc(S(=O)(=O)N3CCCC3)cc2)CCNCC1.Cl. The van der Waals surface area contributed by atoms with Crippen molar-refractivity contribution in [3.8, 4) is 0 Å². The van der Waals surface area contributed by atoms with E-state index in [4.69, 9.17) is 4.74 Å². The molecule has 2 fully saturated rings. The van der Waals surface area contributed by atoms with Gasteiger partial charge in [0.2, 0.25) is 15.9 Å². The summed E-state index contributed by atoms with van der Waals surface area (Å²) in [5.74, 6) is -0.000357. The standard InChI is InChI=1S/C19H29N3O4S.ClH/c1-26-15-19(8-10-20-11-9-19)18(23)21-14-16-4-6-17(7-5-16)27(24,25)22-12-2-3-13-22;/h4-7,20H,2-3,8-15H2,1H3,(H,21,23);1H. The molecule has 9 heteroatoms. The summed E-state index contributed by atoms with van der Waals surface area (Å²) >= 11 is 0. The van der Waals surface area contributed by atoms with Crippen LogP contribution >= 0.6 is 12.4 Å². The molecule has 2 aliphatic rings. The number of amides is 1. The van der Waals surface area contributed by atoms with E-state index in [1.165, 1.54) is 4.31 Å². The number of rotatable bonds is 7. The molecule has 7 nitrogen and oxygen atoms in total. The second kappa shape index (κ2) is 10.0. The Morgan fingerprint density at radius 2 is 1.79 bits per heavy atom. The zero-order valence-electron chi connectivity index (χ0n) is 16.3. The van der Waals surface area contributed by atoms with Crippen LogP contribution < -0.4 is 10.6 Å². The summed E-state index contributed by atoms with van der Waals surface area (Å²) in [6.45, 7) is 3.59. The third-order valence-electron chi connectivity index (χ3n) is 5.54. The summed E-state index contributed by atoms with van der Waals surface area (Å²) in [5, 5.41) is 6.27. The lowest BCUT2D eigenvalue weighted by molar-refractivity contribution is -0.136. The number of hydrogen-bond donors (Lipinski definition) is 2. The third kappa shape index (κ3) is 5.04. The van der Waals surface area contributed by atoms with Crippen LogP contribution in [0.25, 0.3) is 0 Å². The average molecular weight is 432 g/mol. The molecule has 0 spiro atoms. The minimum absolute atomic E-state index is 0. The maximum Gasteiger partial charge on any atom is 0.243 e. The van der Waals surface area contributed by atoms with Gasteiger partial charge in [-0.25, -0.2) is 8.42 Å². The fourth-order valence-corrected chi connectivity index (χ4v) is 5.36. The Balaban J connectivity index is 0.00000280. The highest BCUT2D eigenvalue weighted by Gasteiger charge is 2.39. The number of carbonyl (C=O) groups excluding carboxylic acids is 1. The lowest BCUT2D eigenvalue weighted by Gasteiger charge is -2.35. The van der Waals surface area contributed by atoms with E-state index in [1.807, 2.05) is 0 Å². The first-order chi connectivity index (χ1) is 13.0. The summed E-state index contributed by atoms with van der Waals surface area (Å²) in [7, 11) is -1.78. The number of carbonyl (C=O) groups is 1. The molecule has 0 unspecified atom stereocenters. The maximum absolute atomic E-state index is 12.8. The van der Waals surface area contributed by atoms with Crippen LogP contribution in [0.15, 0.2) is 29.2 Å². The largest absolute Gasteiger partial charge is 0.384 e. The van der Waals surface area contributed by atoms with Gasteiger partial charge in [-0.05, 0) is 56.5 Å². The molecule has 3 rings (SSSR count). The van der Waals surface area contributed by atoms with Gasteiger partial charge in [0.1, 0.15) is 0 Å². The Morgan fingerprint density at radius 1 is 1.18 bits per heavy atom. The van der Waals surface area contributed by atoms with E-state index in [0.29, 0.717) is 31.1 Å². The number of ether oxygens (including phenoxy) is 1. The molecule has 2 heterocycles. The molecule has 0 radical (unpaired) electrons. The summed E-state index contributed by atoms with van der Waals surface area (Å²) in [4.78, 5) is 13.1. The Bertz CT molecular complexity index is 737. The Hall–Kier alpha value is -1.19. The van der Waals surface area contributed by atoms with Gasteiger partial charge >= 0.3 is 0 Å². The van der Waals surface area contributed by atoms with E-state index in [1.54, 1.807) is 31.4 Å². The first-order valence-corrected chi connectivity index (χ1v) is 11.0. The van der Waals surface area contributed by atoms with Gasteiger partial charge in [-0.2, -0.15) is 4.31 Å². The quantitative estimate of drug-likeness (QED) is 0.683. The lowest BCUT2D eigenvalue weighted by Crippen LogP contribution is -2.49. The van der Waals surface area contributed by atoms with Crippen LogP contribution in [-0.4, -0.2) is 58.5 Å². The maximum atomic E-state index is 12.8. The van der Waals surface area contributed by atoms with Crippen molar-refractivity contribution in [2.24, 2.45) is 5.41 Å². The number of hydrogen-bond acceptors (Lipinski definition) is 5. The van der Waals surface area contributed by atoms with E-state index in [0.717, 1.165) is 44.3 Å². The Labute approximate surface area is 173 Å². The van der Waals surface area contributed by atoms with Crippen LogP contribution in [0.2, 0.25) is 0 Å². The predicted octanol–water partition coefficient (Wildman–Crippen LogP) is 1.53. The normalized spacial score (nSPS) is 19.8. The number of nitrogens with zero attached hydrogens (tertiary/aromatic N) is 1. The van der Waals surface area contributed by atoms with Crippen molar-refractivity contribution >= 4 is 28.3 Å². The molecule has 0 saturated carbocycles. The Morgan fingerprint density at radius 3 is 2.36 bits per heavy atom. The van der Waals surface area contributed by atoms with Gasteiger partial charge in [-0.1, -0.05) is 12.1 Å². The second-order valence-electron chi connectivity index (χ2n) is 7.40. The monoisotopic (exact) mass is 431 g/mol. The summed E-state index contributed by atoms with van der Waals surface area (Å²) < 4.78 is 32.0. The van der Waals surface area contributed by atoms with Crippen LogP contribution in [0.4, 0.5) is 0 Å². The number of sulfonamides is 1. The molecule has 2 saturated heterocycles. The molecule has 0 aromatic heterocycles. The van der Waals surface area contributed by atoms with Crippen molar-refractivity contribution in [2.45, 2.75) is 37.1 Å². The fourth-order valence-electron chi connectivity index (χ4n) is 3.85. The van der Waals surface area contributed by atoms with Gasteiger partial charge < -0.3 is 15.4 Å². The van der Waals surface area contributed by atoms with Gasteiger partial charge in [-0.3, -0.25) is 4.79 Å². The number of methoxy groups -OCH3 is 1. The number of nitrogens with one attached hydrogen (secondary N) is 2. The lowest BCUT2D eigenvalue weighted by atomic mass is 9.78. The van der Waals surface area contributed by atoms with E-state index in [9.17, 15) is 13.2 Å². The topological polar surface area (TPSA) is 87.7 Å². The second-order valence-corrected chi connectivity index (χ2v) is 9.34. The summed E-state index contributed by atoms with van der Waals surface area (Å²) in [6, 6.07) is 6.80. The molecule has 2 N–H and O–H groups in total. The van der Waals surface area contributed by atoms with Crippen molar-refractivity contribution in [3.63, 3.8) is 0 Å². The van der Waals surface area contributed by atoms with E-state index in [-0.39, 0.29) is 18.3 Å². The first kappa shape index (κ1) is 23.1. The van der Waals surface area contributed by atoms with E-state index in [2.05, 4.69) is 10.6 Å². The highest BCUT2D eigenvalue weighted by atomic mass is 35.5. The predicted molar refractivity (Wildman–Crippen MR) is 110 cm³/mol. The molecule has 0 aliphatic carbocycles. The van der Waals surface area contributed by atoms with Gasteiger partial charge in [0.15, 0.2) is 0 Å². The minimum atomic E-state index is -3.40. The molecular weight excluding hydrogens is 402 g/mol. The molecule has 0 atom stereocenters. The molecule has 28 heavy (non-hydrogen) atoms. The Kier molecular flexibility index (Phi) is 8.27. The van der Waals surface area contributed by atoms with Crippen LogP contribution in [0.1, 0.15) is 31.2 Å². The van der Waals surface area contributed by atoms with Crippen molar-refractivity contribution in [1.29, 1.82) is 0 Å². The highest BCUT2D eigenvalue weighted by Crippen LogP contribution is 2.29. The van der Waals surface area contributed by atoms with Gasteiger partial charge in [-0.15, -0.1) is 12.4 Å². The van der Waals surface area contributed by atoms with Crippen molar-refractivity contribution in [1.82, 2.24) is 14.9 Å². The highest BCUT2D eigenvalue weighted by molar-refractivity contribution is 7.89. The molecule has 0 bridgehead atoms. The third-order valence-corrected chi connectivity index (χ3v) is 7.46. The van der Waals surface area contributed by atoms with E-state index < -0.39 is 15.4 Å². The average Bonchev–Trinajstić information content (AvgIpc) is 3.23. The molecule has 1 amide bonds. The zero-order valence-corrected chi connectivity index (χ0v) is 17.9. The minimum Gasteiger partial charge on any atom is -0.384 e. The molecule has 158 valence electrons. The smallest absolute Gasteiger partial charge is 0.243 e. The first-order valence-electron chi connectivity index (χ1n) is 9.55. The zero-order chi connectivity index (χ0) is 19.3. The number of piperidine rings is 1.